The monoisotopic (exact) mass is 317 g/mol. The Kier molecular flexibility index (Phi) is 4.23. The summed E-state index contributed by atoms with van der Waals surface area (Å²) in [5, 5.41) is 0. The Balaban J connectivity index is 2.30. The van der Waals surface area contributed by atoms with Gasteiger partial charge in [0.2, 0.25) is 11.4 Å². The first-order valence-corrected chi connectivity index (χ1v) is 8.41. The molecule has 24 heavy (non-hydrogen) atoms. The molecule has 0 aliphatic carbocycles. The molecule has 0 aliphatic rings. The molecule has 0 spiro atoms. The van der Waals surface area contributed by atoms with Crippen molar-refractivity contribution in [3.8, 4) is 22.5 Å². The Labute approximate surface area is 144 Å². The predicted molar refractivity (Wildman–Crippen MR) is 100.0 cm³/mol. The van der Waals surface area contributed by atoms with E-state index in [0.29, 0.717) is 0 Å². The van der Waals surface area contributed by atoms with Gasteiger partial charge in [0.25, 0.3) is 0 Å². The van der Waals surface area contributed by atoms with Crippen LogP contribution in [0.1, 0.15) is 28.1 Å². The summed E-state index contributed by atoms with van der Waals surface area (Å²) in [5.74, 6) is 0. The van der Waals surface area contributed by atoms with Gasteiger partial charge in [0.15, 0.2) is 0 Å². The lowest BCUT2D eigenvalue weighted by atomic mass is 9.97. The molecule has 0 bridgehead atoms. The van der Waals surface area contributed by atoms with Gasteiger partial charge >= 0.3 is 0 Å². The van der Waals surface area contributed by atoms with Crippen LogP contribution in [0.4, 0.5) is 0 Å². The highest BCUT2D eigenvalue weighted by molar-refractivity contribution is 5.70. The first-order valence-electron chi connectivity index (χ1n) is 8.41. The van der Waals surface area contributed by atoms with Crippen molar-refractivity contribution >= 4 is 0 Å². The maximum absolute atomic E-state index is 5.00. The first kappa shape index (κ1) is 16.4. The molecule has 0 atom stereocenters. The summed E-state index contributed by atoms with van der Waals surface area (Å²) < 4.78 is 2.29. The molecule has 0 radical (unpaired) electrons. The smallest absolute Gasteiger partial charge is 0.234 e. The third-order valence-corrected chi connectivity index (χ3v) is 4.92. The molecular weight excluding hydrogens is 292 g/mol. The summed E-state index contributed by atoms with van der Waals surface area (Å²) in [5.41, 5.74) is 10.9. The molecule has 1 heterocycles. The Bertz CT molecular complexity index is 903. The van der Waals surface area contributed by atoms with Crippen LogP contribution in [0.2, 0.25) is 0 Å². The Hall–Kier alpha value is -2.48. The fraction of sp³-hybridized carbons (Fsp3) is 0.273. The van der Waals surface area contributed by atoms with Gasteiger partial charge in [-0.1, -0.05) is 42.5 Å². The van der Waals surface area contributed by atoms with Crippen molar-refractivity contribution in [3.05, 3.63) is 70.5 Å². The van der Waals surface area contributed by atoms with Crippen molar-refractivity contribution in [1.82, 2.24) is 4.98 Å². The minimum Gasteiger partial charge on any atom is -0.240 e. The van der Waals surface area contributed by atoms with Crippen LogP contribution in [-0.4, -0.2) is 4.98 Å². The van der Waals surface area contributed by atoms with Crippen LogP contribution in [-0.2, 0) is 7.05 Å². The summed E-state index contributed by atoms with van der Waals surface area (Å²) >= 11 is 0. The minimum absolute atomic E-state index is 1.07. The Morgan fingerprint density at radius 2 is 1.33 bits per heavy atom. The Morgan fingerprint density at radius 1 is 0.750 bits per heavy atom. The molecular formula is C22H25N2+. The number of rotatable bonds is 2. The largest absolute Gasteiger partial charge is 0.240 e. The number of hydrogen-bond acceptors (Lipinski definition) is 1. The molecule has 0 saturated heterocycles. The maximum Gasteiger partial charge on any atom is 0.234 e. The molecule has 122 valence electrons. The van der Waals surface area contributed by atoms with Crippen LogP contribution in [0.15, 0.2) is 42.5 Å². The van der Waals surface area contributed by atoms with Gasteiger partial charge in [0.05, 0.1) is 5.56 Å². The average molecular weight is 317 g/mol. The zero-order chi connectivity index (χ0) is 17.4. The average Bonchev–Trinajstić information content (AvgIpc) is 2.54. The molecule has 3 rings (SSSR count). The topological polar surface area (TPSA) is 16.8 Å². The van der Waals surface area contributed by atoms with Gasteiger partial charge < -0.3 is 0 Å². The lowest BCUT2D eigenvalue weighted by molar-refractivity contribution is -0.666. The van der Waals surface area contributed by atoms with E-state index in [1.807, 2.05) is 0 Å². The number of aryl methyl sites for hydroxylation is 4. The van der Waals surface area contributed by atoms with Gasteiger partial charge in [-0.15, -0.1) is 0 Å². The van der Waals surface area contributed by atoms with Gasteiger partial charge in [-0.25, -0.2) is 4.98 Å². The normalized spacial score (nSPS) is 10.9. The van der Waals surface area contributed by atoms with Crippen LogP contribution in [0.5, 0.6) is 0 Å². The van der Waals surface area contributed by atoms with Gasteiger partial charge in [0, 0.05) is 12.5 Å². The summed E-state index contributed by atoms with van der Waals surface area (Å²) in [6, 6.07) is 14.9. The predicted octanol–water partition coefficient (Wildman–Crippen LogP) is 4.78. The van der Waals surface area contributed by atoms with E-state index in [9.17, 15) is 0 Å². The lowest BCUT2D eigenvalue weighted by Crippen LogP contribution is -2.37. The maximum atomic E-state index is 5.00. The molecule has 1 aromatic heterocycles. The number of nitrogens with zero attached hydrogens (tertiary/aromatic N) is 2. The summed E-state index contributed by atoms with van der Waals surface area (Å²) in [6.07, 6.45) is 0. The lowest BCUT2D eigenvalue weighted by Gasteiger charge is -2.14. The highest BCUT2D eigenvalue weighted by Gasteiger charge is 2.24. The van der Waals surface area contributed by atoms with Crippen molar-refractivity contribution in [1.29, 1.82) is 0 Å². The molecule has 2 nitrogen and oxygen atoms in total. The molecule has 0 unspecified atom stereocenters. The first-order chi connectivity index (χ1) is 11.4. The SMILES string of the molecule is Cc1ccccc1-c1nc(C)c(-c2c(C)cccc2C)[n+](C)c1C. The second-order valence-corrected chi connectivity index (χ2v) is 6.62. The minimum atomic E-state index is 1.07. The van der Waals surface area contributed by atoms with Crippen LogP contribution >= 0.6 is 0 Å². The zero-order valence-corrected chi connectivity index (χ0v) is 15.4. The van der Waals surface area contributed by atoms with Crippen LogP contribution < -0.4 is 4.57 Å². The van der Waals surface area contributed by atoms with E-state index < -0.39 is 0 Å². The summed E-state index contributed by atoms with van der Waals surface area (Å²) in [7, 11) is 2.15. The van der Waals surface area contributed by atoms with Crippen molar-refractivity contribution < 1.29 is 4.57 Å². The highest BCUT2D eigenvalue weighted by Crippen LogP contribution is 2.30. The summed E-state index contributed by atoms with van der Waals surface area (Å²) in [6.45, 7) is 10.8. The van der Waals surface area contributed by atoms with E-state index in [2.05, 4.69) is 88.7 Å². The van der Waals surface area contributed by atoms with E-state index in [4.69, 9.17) is 4.98 Å². The van der Waals surface area contributed by atoms with Crippen LogP contribution in [0.3, 0.4) is 0 Å². The molecule has 3 aromatic rings. The van der Waals surface area contributed by atoms with Crippen LogP contribution in [0, 0.1) is 34.6 Å². The molecule has 0 N–H and O–H groups in total. The van der Waals surface area contributed by atoms with Crippen molar-refractivity contribution in [2.24, 2.45) is 7.05 Å². The Morgan fingerprint density at radius 3 is 1.96 bits per heavy atom. The van der Waals surface area contributed by atoms with Crippen molar-refractivity contribution in [2.45, 2.75) is 34.6 Å². The van der Waals surface area contributed by atoms with E-state index in [1.165, 1.54) is 39.2 Å². The van der Waals surface area contributed by atoms with E-state index in [-0.39, 0.29) is 0 Å². The van der Waals surface area contributed by atoms with Gasteiger partial charge in [-0.3, -0.25) is 0 Å². The van der Waals surface area contributed by atoms with Gasteiger partial charge in [0.1, 0.15) is 18.4 Å². The van der Waals surface area contributed by atoms with Crippen molar-refractivity contribution in [2.75, 3.05) is 0 Å². The molecule has 2 aromatic carbocycles. The molecule has 0 fully saturated rings. The second-order valence-electron chi connectivity index (χ2n) is 6.62. The van der Waals surface area contributed by atoms with E-state index in [1.54, 1.807) is 0 Å². The quantitative estimate of drug-likeness (QED) is 0.621. The fourth-order valence-corrected chi connectivity index (χ4v) is 3.50. The summed E-state index contributed by atoms with van der Waals surface area (Å²) in [4.78, 5) is 5.00. The molecule has 0 saturated carbocycles. The number of aromatic nitrogens is 2. The second kappa shape index (κ2) is 6.20. The van der Waals surface area contributed by atoms with Gasteiger partial charge in [-0.2, -0.15) is 4.57 Å². The standard InChI is InChI=1S/C22H25N2/c1-14-10-7-8-13-19(14)21-18(5)24(6)22(17(4)23-21)20-15(2)11-9-12-16(20)3/h7-13H,1-6H3/q+1. The van der Waals surface area contributed by atoms with Crippen LogP contribution in [0.25, 0.3) is 22.5 Å². The van der Waals surface area contributed by atoms with Crippen molar-refractivity contribution in [3.63, 3.8) is 0 Å². The zero-order valence-electron chi connectivity index (χ0n) is 15.4. The number of hydrogen-bond donors (Lipinski definition) is 0. The van der Waals surface area contributed by atoms with E-state index in [0.717, 1.165) is 11.4 Å². The third-order valence-electron chi connectivity index (χ3n) is 4.92. The number of benzene rings is 2. The fourth-order valence-electron chi connectivity index (χ4n) is 3.50. The van der Waals surface area contributed by atoms with Gasteiger partial charge in [-0.05, 0) is 44.4 Å². The molecule has 0 aliphatic heterocycles. The molecule has 2 heteroatoms. The molecule has 0 amide bonds. The van der Waals surface area contributed by atoms with E-state index >= 15 is 0 Å². The third kappa shape index (κ3) is 2.62. The highest BCUT2D eigenvalue weighted by atomic mass is 15.0.